The van der Waals surface area contributed by atoms with E-state index in [0.717, 1.165) is 24.2 Å². The SMILES string of the molecule is CC(NC(=O)C(C)(C)N1CCCC1)c1ccc2[nH]ccc2c1. The largest absolute Gasteiger partial charge is 0.361 e. The molecule has 4 heteroatoms. The molecule has 1 saturated heterocycles. The van der Waals surface area contributed by atoms with E-state index in [1.165, 1.54) is 18.2 Å². The van der Waals surface area contributed by atoms with Gasteiger partial charge in [0.15, 0.2) is 0 Å². The number of amides is 1. The van der Waals surface area contributed by atoms with Crippen molar-refractivity contribution in [3.05, 3.63) is 36.0 Å². The number of carbonyl (C=O) groups is 1. The summed E-state index contributed by atoms with van der Waals surface area (Å²) in [6.45, 7) is 8.13. The van der Waals surface area contributed by atoms with E-state index in [2.05, 4.69) is 39.5 Å². The number of rotatable bonds is 4. The van der Waals surface area contributed by atoms with Gasteiger partial charge in [0.2, 0.25) is 5.91 Å². The zero-order valence-corrected chi connectivity index (χ0v) is 13.6. The molecule has 0 radical (unpaired) electrons. The lowest BCUT2D eigenvalue weighted by Crippen LogP contribution is -2.54. The standard InChI is InChI=1S/C18H25N3O/c1-13(14-6-7-16-15(12-14)8-9-19-16)20-17(22)18(2,3)21-10-4-5-11-21/h6-9,12-13,19H,4-5,10-11H2,1-3H3,(H,20,22). The van der Waals surface area contributed by atoms with Crippen LogP contribution in [0.25, 0.3) is 10.9 Å². The summed E-state index contributed by atoms with van der Waals surface area (Å²) >= 11 is 0. The van der Waals surface area contributed by atoms with Crippen LogP contribution in [0.15, 0.2) is 30.5 Å². The maximum atomic E-state index is 12.7. The summed E-state index contributed by atoms with van der Waals surface area (Å²) < 4.78 is 0. The van der Waals surface area contributed by atoms with Crippen LogP contribution in [0.1, 0.15) is 45.2 Å². The minimum absolute atomic E-state index is 0.00804. The van der Waals surface area contributed by atoms with Crippen LogP contribution in [-0.2, 0) is 4.79 Å². The van der Waals surface area contributed by atoms with Gasteiger partial charge < -0.3 is 10.3 Å². The van der Waals surface area contributed by atoms with Gasteiger partial charge in [-0.2, -0.15) is 0 Å². The lowest BCUT2D eigenvalue weighted by atomic mass is 10.00. The Morgan fingerprint density at radius 3 is 2.73 bits per heavy atom. The molecule has 1 fully saturated rings. The van der Waals surface area contributed by atoms with Crippen molar-refractivity contribution in [2.75, 3.05) is 13.1 Å². The molecule has 1 aliphatic rings. The topological polar surface area (TPSA) is 48.1 Å². The minimum atomic E-state index is -0.442. The number of likely N-dealkylation sites (tertiary alicyclic amines) is 1. The monoisotopic (exact) mass is 299 g/mol. The molecule has 4 nitrogen and oxygen atoms in total. The minimum Gasteiger partial charge on any atom is -0.361 e. The van der Waals surface area contributed by atoms with Gasteiger partial charge >= 0.3 is 0 Å². The highest BCUT2D eigenvalue weighted by Crippen LogP contribution is 2.24. The van der Waals surface area contributed by atoms with Gasteiger partial charge in [0.1, 0.15) is 0 Å². The molecule has 0 aliphatic carbocycles. The quantitative estimate of drug-likeness (QED) is 0.910. The summed E-state index contributed by atoms with van der Waals surface area (Å²) in [5, 5.41) is 4.36. The van der Waals surface area contributed by atoms with Crippen LogP contribution in [0, 0.1) is 0 Å². The summed E-state index contributed by atoms with van der Waals surface area (Å²) in [5.74, 6) is 0.107. The molecule has 1 aliphatic heterocycles. The second kappa shape index (κ2) is 5.76. The summed E-state index contributed by atoms with van der Waals surface area (Å²) in [6, 6.07) is 8.35. The third kappa shape index (κ3) is 2.75. The number of aromatic amines is 1. The fourth-order valence-corrected chi connectivity index (χ4v) is 3.22. The number of hydrogen-bond donors (Lipinski definition) is 2. The predicted octanol–water partition coefficient (Wildman–Crippen LogP) is 3.22. The van der Waals surface area contributed by atoms with Crippen molar-refractivity contribution in [2.45, 2.75) is 45.2 Å². The highest BCUT2D eigenvalue weighted by Gasteiger charge is 2.36. The predicted molar refractivity (Wildman–Crippen MR) is 89.7 cm³/mol. The first-order valence-corrected chi connectivity index (χ1v) is 8.11. The van der Waals surface area contributed by atoms with E-state index in [9.17, 15) is 4.79 Å². The normalized spacial score (nSPS) is 17.8. The van der Waals surface area contributed by atoms with Crippen LogP contribution in [0.3, 0.4) is 0 Å². The maximum absolute atomic E-state index is 12.7. The molecule has 118 valence electrons. The van der Waals surface area contributed by atoms with Crippen molar-refractivity contribution in [1.29, 1.82) is 0 Å². The maximum Gasteiger partial charge on any atom is 0.240 e. The fourth-order valence-electron chi connectivity index (χ4n) is 3.22. The number of fused-ring (bicyclic) bond motifs is 1. The zero-order valence-electron chi connectivity index (χ0n) is 13.6. The molecular formula is C18H25N3O. The van der Waals surface area contributed by atoms with Crippen LogP contribution in [-0.4, -0.2) is 34.4 Å². The third-order valence-corrected chi connectivity index (χ3v) is 4.88. The van der Waals surface area contributed by atoms with E-state index in [4.69, 9.17) is 0 Å². The molecule has 2 heterocycles. The number of aromatic nitrogens is 1. The van der Waals surface area contributed by atoms with Crippen molar-refractivity contribution >= 4 is 16.8 Å². The average molecular weight is 299 g/mol. The Labute approximate surface area is 131 Å². The lowest BCUT2D eigenvalue weighted by Gasteiger charge is -2.35. The van der Waals surface area contributed by atoms with Gasteiger partial charge in [-0.1, -0.05) is 6.07 Å². The molecule has 2 N–H and O–H groups in total. The molecule has 0 bridgehead atoms. The highest BCUT2D eigenvalue weighted by atomic mass is 16.2. The smallest absolute Gasteiger partial charge is 0.240 e. The van der Waals surface area contributed by atoms with Gasteiger partial charge in [-0.3, -0.25) is 9.69 Å². The molecule has 0 saturated carbocycles. The summed E-state index contributed by atoms with van der Waals surface area (Å²) in [6.07, 6.45) is 4.32. The second-order valence-electron chi connectivity index (χ2n) is 6.77. The Bertz CT molecular complexity index is 668. The van der Waals surface area contributed by atoms with E-state index in [0.29, 0.717) is 0 Å². The Morgan fingerprint density at radius 2 is 2.00 bits per heavy atom. The number of carbonyl (C=O) groups excluding carboxylic acids is 1. The molecule has 3 rings (SSSR count). The summed E-state index contributed by atoms with van der Waals surface area (Å²) in [7, 11) is 0. The zero-order chi connectivity index (χ0) is 15.7. The van der Waals surface area contributed by atoms with Crippen molar-refractivity contribution in [1.82, 2.24) is 15.2 Å². The van der Waals surface area contributed by atoms with Crippen LogP contribution in [0.2, 0.25) is 0 Å². The number of hydrogen-bond acceptors (Lipinski definition) is 2. The third-order valence-electron chi connectivity index (χ3n) is 4.88. The van der Waals surface area contributed by atoms with Gasteiger partial charge in [0.05, 0.1) is 11.6 Å². The average Bonchev–Trinajstić information content (AvgIpc) is 3.17. The first-order valence-electron chi connectivity index (χ1n) is 8.11. The molecule has 1 atom stereocenters. The van der Waals surface area contributed by atoms with Crippen molar-refractivity contribution in [3.8, 4) is 0 Å². The van der Waals surface area contributed by atoms with E-state index in [1.807, 2.05) is 27.0 Å². The van der Waals surface area contributed by atoms with Crippen LogP contribution >= 0.6 is 0 Å². The molecule has 1 unspecified atom stereocenters. The number of nitrogens with zero attached hydrogens (tertiary/aromatic N) is 1. The molecule has 0 spiro atoms. The van der Waals surface area contributed by atoms with Crippen molar-refractivity contribution in [3.63, 3.8) is 0 Å². The van der Waals surface area contributed by atoms with E-state index >= 15 is 0 Å². The summed E-state index contributed by atoms with van der Waals surface area (Å²) in [5.41, 5.74) is 1.82. The van der Waals surface area contributed by atoms with Gasteiger partial charge in [0.25, 0.3) is 0 Å². The molecule has 22 heavy (non-hydrogen) atoms. The summed E-state index contributed by atoms with van der Waals surface area (Å²) in [4.78, 5) is 18.2. The molecule has 2 aromatic rings. The Balaban J connectivity index is 1.72. The first kappa shape index (κ1) is 15.1. The number of nitrogens with one attached hydrogen (secondary N) is 2. The van der Waals surface area contributed by atoms with Crippen LogP contribution in [0.5, 0.6) is 0 Å². The molecule has 1 aromatic carbocycles. The van der Waals surface area contributed by atoms with Gasteiger partial charge in [-0.15, -0.1) is 0 Å². The first-order chi connectivity index (χ1) is 10.5. The Kier molecular flexibility index (Phi) is 3.96. The van der Waals surface area contributed by atoms with Gasteiger partial charge in [0, 0.05) is 11.7 Å². The Morgan fingerprint density at radius 1 is 1.27 bits per heavy atom. The van der Waals surface area contributed by atoms with Crippen molar-refractivity contribution in [2.24, 2.45) is 0 Å². The fraction of sp³-hybridized carbons (Fsp3) is 0.500. The number of H-pyrrole nitrogens is 1. The molecular weight excluding hydrogens is 274 g/mol. The molecule has 1 amide bonds. The van der Waals surface area contributed by atoms with Crippen LogP contribution in [0.4, 0.5) is 0 Å². The van der Waals surface area contributed by atoms with Gasteiger partial charge in [-0.25, -0.2) is 0 Å². The van der Waals surface area contributed by atoms with E-state index in [1.54, 1.807) is 0 Å². The Hall–Kier alpha value is -1.81. The van der Waals surface area contributed by atoms with E-state index in [-0.39, 0.29) is 11.9 Å². The van der Waals surface area contributed by atoms with Gasteiger partial charge in [-0.05, 0) is 75.9 Å². The lowest BCUT2D eigenvalue weighted by molar-refractivity contribution is -0.131. The van der Waals surface area contributed by atoms with Crippen molar-refractivity contribution < 1.29 is 4.79 Å². The second-order valence-corrected chi connectivity index (χ2v) is 6.77. The number of benzene rings is 1. The van der Waals surface area contributed by atoms with E-state index < -0.39 is 5.54 Å². The highest BCUT2D eigenvalue weighted by molar-refractivity contribution is 5.86. The van der Waals surface area contributed by atoms with Crippen LogP contribution < -0.4 is 5.32 Å². The molecule has 1 aromatic heterocycles.